The van der Waals surface area contributed by atoms with E-state index in [4.69, 9.17) is 5.41 Å². The number of hydrogen-bond donors (Lipinski definition) is 1. The van der Waals surface area contributed by atoms with Crippen molar-refractivity contribution in [1.29, 1.82) is 5.41 Å². The molecule has 32 heavy (non-hydrogen) atoms. The average molecular weight is 436 g/mol. The van der Waals surface area contributed by atoms with Gasteiger partial charge in [-0.3, -0.25) is 0 Å². The van der Waals surface area contributed by atoms with Gasteiger partial charge in [-0.1, -0.05) is 96.5 Å². The molecule has 0 aliphatic heterocycles. The second-order valence-electron chi connectivity index (χ2n) is 10.4. The number of aryl methyl sites for hydroxylation is 1. The molecular formula is C31H49N. The molecule has 0 amide bonds. The highest BCUT2D eigenvalue weighted by Crippen LogP contribution is 2.53. The van der Waals surface area contributed by atoms with E-state index in [1.807, 2.05) is 6.08 Å². The predicted molar refractivity (Wildman–Crippen MR) is 145 cm³/mol. The predicted octanol–water partition coefficient (Wildman–Crippen LogP) is 9.23. The van der Waals surface area contributed by atoms with Crippen molar-refractivity contribution in [2.45, 2.75) is 81.1 Å². The van der Waals surface area contributed by atoms with Gasteiger partial charge in [0.2, 0.25) is 0 Å². The Bertz CT molecular complexity index is 786. The van der Waals surface area contributed by atoms with Crippen LogP contribution in [0.2, 0.25) is 0 Å². The zero-order chi connectivity index (χ0) is 23.2. The molecular weight excluding hydrogens is 386 g/mol. The standard InChI is InChI=1S/C25H35N.C5H10.CH4/c1-6-20-13-22(14-21(20)7-2)23(12-19-10-8-9-17(3)11-19)18(4)24-15-25(24,5)16-26;1-4-5(2)3;/h8-11,15-16,20-23,26H,4,6-7,12-14H2,1-3,5H3;4-5H,1H2,2-3H3;1H4. The fourth-order valence-electron chi connectivity index (χ4n) is 5.28. The van der Waals surface area contributed by atoms with Gasteiger partial charge in [-0.25, -0.2) is 0 Å². The highest BCUT2D eigenvalue weighted by atomic mass is 14.5. The molecule has 0 spiro atoms. The molecule has 0 bridgehead atoms. The summed E-state index contributed by atoms with van der Waals surface area (Å²) in [7, 11) is 0. The van der Waals surface area contributed by atoms with Crippen molar-refractivity contribution in [2.24, 2.45) is 35.0 Å². The van der Waals surface area contributed by atoms with Crippen molar-refractivity contribution in [2.75, 3.05) is 0 Å². The lowest BCUT2D eigenvalue weighted by Gasteiger charge is -2.27. The summed E-state index contributed by atoms with van der Waals surface area (Å²) in [4.78, 5) is 0. The second kappa shape index (κ2) is 12.4. The molecule has 3 rings (SSSR count). The Hall–Kier alpha value is -1.89. The van der Waals surface area contributed by atoms with Crippen LogP contribution in [0.25, 0.3) is 0 Å². The van der Waals surface area contributed by atoms with Crippen molar-refractivity contribution < 1.29 is 0 Å². The first-order valence-electron chi connectivity index (χ1n) is 12.3. The lowest BCUT2D eigenvalue weighted by atomic mass is 9.77. The molecule has 0 aromatic heterocycles. The van der Waals surface area contributed by atoms with E-state index in [0.717, 1.165) is 24.2 Å². The van der Waals surface area contributed by atoms with Crippen LogP contribution in [-0.2, 0) is 6.42 Å². The maximum atomic E-state index is 7.75. The lowest BCUT2D eigenvalue weighted by Crippen LogP contribution is -2.19. The topological polar surface area (TPSA) is 23.9 Å². The van der Waals surface area contributed by atoms with Crippen molar-refractivity contribution in [3.05, 3.63) is 71.8 Å². The zero-order valence-electron chi connectivity index (χ0n) is 20.9. The Morgan fingerprint density at radius 3 is 2.16 bits per heavy atom. The van der Waals surface area contributed by atoms with Crippen LogP contribution in [-0.4, -0.2) is 6.21 Å². The van der Waals surface area contributed by atoms with Crippen LogP contribution in [0.3, 0.4) is 0 Å². The highest BCUT2D eigenvalue weighted by Gasteiger charge is 2.44. The third-order valence-electron chi connectivity index (χ3n) is 7.54. The summed E-state index contributed by atoms with van der Waals surface area (Å²) in [6, 6.07) is 8.97. The van der Waals surface area contributed by atoms with Gasteiger partial charge in [-0.05, 0) is 79.4 Å². The molecule has 4 atom stereocenters. The van der Waals surface area contributed by atoms with Crippen molar-refractivity contribution >= 4 is 6.21 Å². The van der Waals surface area contributed by atoms with Gasteiger partial charge in [0.05, 0.1) is 0 Å². The van der Waals surface area contributed by atoms with Gasteiger partial charge in [0.15, 0.2) is 0 Å². The van der Waals surface area contributed by atoms with Gasteiger partial charge in [0.25, 0.3) is 0 Å². The summed E-state index contributed by atoms with van der Waals surface area (Å²) in [5.41, 5.74) is 5.26. The fraction of sp³-hybridized carbons (Fsp3) is 0.581. The van der Waals surface area contributed by atoms with Crippen molar-refractivity contribution in [1.82, 2.24) is 0 Å². The molecule has 1 saturated carbocycles. The Morgan fingerprint density at radius 1 is 1.19 bits per heavy atom. The highest BCUT2D eigenvalue weighted by molar-refractivity contribution is 5.81. The van der Waals surface area contributed by atoms with Gasteiger partial charge < -0.3 is 5.41 Å². The maximum Gasteiger partial charge on any atom is 0.0456 e. The summed E-state index contributed by atoms with van der Waals surface area (Å²) in [5, 5.41) is 7.75. The molecule has 2 aliphatic rings. The number of rotatable bonds is 9. The van der Waals surface area contributed by atoms with E-state index in [1.54, 1.807) is 6.21 Å². The van der Waals surface area contributed by atoms with E-state index in [0.29, 0.717) is 11.8 Å². The number of nitrogens with one attached hydrogen (secondary N) is 1. The van der Waals surface area contributed by atoms with Gasteiger partial charge in [-0.2, -0.15) is 0 Å². The Labute approximate surface area is 199 Å². The van der Waals surface area contributed by atoms with Gasteiger partial charge in [0.1, 0.15) is 0 Å². The quantitative estimate of drug-likeness (QED) is 0.295. The van der Waals surface area contributed by atoms with Crippen molar-refractivity contribution in [3.63, 3.8) is 0 Å². The summed E-state index contributed by atoms with van der Waals surface area (Å²) < 4.78 is 0. The molecule has 0 radical (unpaired) electrons. The van der Waals surface area contributed by atoms with Crippen LogP contribution in [0.4, 0.5) is 0 Å². The van der Waals surface area contributed by atoms with E-state index in [-0.39, 0.29) is 12.8 Å². The molecule has 1 heteroatoms. The minimum absolute atomic E-state index is 0. The van der Waals surface area contributed by atoms with E-state index in [9.17, 15) is 0 Å². The zero-order valence-corrected chi connectivity index (χ0v) is 20.9. The van der Waals surface area contributed by atoms with E-state index in [1.165, 1.54) is 48.0 Å². The fourth-order valence-corrected chi connectivity index (χ4v) is 5.28. The minimum Gasteiger partial charge on any atom is -0.312 e. The summed E-state index contributed by atoms with van der Waals surface area (Å²) in [6.07, 6.45) is 12.1. The Morgan fingerprint density at radius 2 is 1.75 bits per heavy atom. The van der Waals surface area contributed by atoms with Crippen LogP contribution in [0.5, 0.6) is 0 Å². The average Bonchev–Trinajstić information content (AvgIpc) is 3.27. The summed E-state index contributed by atoms with van der Waals surface area (Å²) >= 11 is 0. The third kappa shape index (κ3) is 7.06. The number of allylic oxidation sites excluding steroid dienone is 4. The molecule has 4 unspecified atom stereocenters. The van der Waals surface area contributed by atoms with Gasteiger partial charge in [-0.15, -0.1) is 6.58 Å². The maximum absolute atomic E-state index is 7.75. The van der Waals surface area contributed by atoms with Crippen LogP contribution in [0.1, 0.15) is 78.9 Å². The molecule has 1 nitrogen and oxygen atoms in total. The second-order valence-corrected chi connectivity index (χ2v) is 10.4. The minimum atomic E-state index is -0.130. The van der Waals surface area contributed by atoms with Crippen LogP contribution >= 0.6 is 0 Å². The molecule has 2 aliphatic carbocycles. The molecule has 0 heterocycles. The normalized spacial score (nSPS) is 26.8. The molecule has 1 aromatic carbocycles. The molecule has 1 fully saturated rings. The van der Waals surface area contributed by atoms with Gasteiger partial charge in [0, 0.05) is 11.6 Å². The Kier molecular flexibility index (Phi) is 10.9. The van der Waals surface area contributed by atoms with Crippen molar-refractivity contribution in [3.8, 4) is 0 Å². The first kappa shape index (κ1) is 28.1. The smallest absolute Gasteiger partial charge is 0.0456 e. The molecule has 1 aromatic rings. The molecule has 1 N–H and O–H groups in total. The third-order valence-corrected chi connectivity index (χ3v) is 7.54. The first-order chi connectivity index (χ1) is 14.7. The first-order valence-corrected chi connectivity index (χ1v) is 12.3. The molecule has 178 valence electrons. The monoisotopic (exact) mass is 435 g/mol. The van der Waals surface area contributed by atoms with Gasteiger partial charge >= 0.3 is 0 Å². The van der Waals surface area contributed by atoms with E-state index in [2.05, 4.69) is 85.0 Å². The summed E-state index contributed by atoms with van der Waals surface area (Å²) in [6.45, 7) is 21.4. The van der Waals surface area contributed by atoms with Crippen LogP contribution in [0, 0.1) is 47.3 Å². The number of benzene rings is 1. The largest absolute Gasteiger partial charge is 0.312 e. The Balaban J connectivity index is 0.000000770. The van der Waals surface area contributed by atoms with E-state index >= 15 is 0 Å². The number of hydrogen-bond acceptors (Lipinski definition) is 1. The SMILES string of the molecule is C.C=C(C1=CC1(C)C=N)C(Cc1cccc(C)c1)C1CC(CC)C(CC)C1.C=CC(C)C. The lowest BCUT2D eigenvalue weighted by molar-refractivity contribution is 0.367. The van der Waals surface area contributed by atoms with E-state index < -0.39 is 0 Å². The van der Waals surface area contributed by atoms with Crippen LogP contribution < -0.4 is 0 Å². The molecule has 0 saturated heterocycles. The van der Waals surface area contributed by atoms with Crippen LogP contribution in [0.15, 0.2) is 60.7 Å². The summed E-state index contributed by atoms with van der Waals surface area (Å²) in [5.74, 6) is 3.64.